The Morgan fingerprint density at radius 1 is 1.03 bits per heavy atom. The summed E-state index contributed by atoms with van der Waals surface area (Å²) in [7, 11) is 0. The van der Waals surface area contributed by atoms with Crippen LogP contribution in [-0.4, -0.2) is 40.9 Å². The van der Waals surface area contributed by atoms with Crippen LogP contribution in [0.4, 0.5) is 0 Å². The third kappa shape index (κ3) is 2.68. The lowest BCUT2D eigenvalue weighted by molar-refractivity contribution is -0.272. The predicted octanol–water partition coefficient (Wildman–Crippen LogP) is 4.68. The second kappa shape index (κ2) is 6.81. The van der Waals surface area contributed by atoms with E-state index in [0.717, 1.165) is 32.3 Å². The van der Waals surface area contributed by atoms with Gasteiger partial charge in [-0.05, 0) is 73.5 Å². The van der Waals surface area contributed by atoms with Crippen LogP contribution < -0.4 is 0 Å². The van der Waals surface area contributed by atoms with Crippen molar-refractivity contribution in [3.8, 4) is 0 Å². The molecule has 2 heterocycles. The van der Waals surface area contributed by atoms with Crippen molar-refractivity contribution in [1.82, 2.24) is 0 Å². The summed E-state index contributed by atoms with van der Waals surface area (Å²) >= 11 is 0. The molecule has 6 aliphatic rings. The molecule has 5 fully saturated rings. The van der Waals surface area contributed by atoms with Crippen LogP contribution >= 0.6 is 0 Å². The monoisotopic (exact) mass is 430 g/mol. The molecule has 0 aromatic rings. The Balaban J connectivity index is 1.29. The molecule has 4 aliphatic carbocycles. The zero-order valence-electron chi connectivity index (χ0n) is 19.8. The molecule has 0 bridgehead atoms. The Kier molecular flexibility index (Phi) is 4.64. The Labute approximate surface area is 187 Å². The van der Waals surface area contributed by atoms with Gasteiger partial charge in [0.1, 0.15) is 0 Å². The van der Waals surface area contributed by atoms with Crippen LogP contribution in [0.5, 0.6) is 0 Å². The fourth-order valence-electron chi connectivity index (χ4n) is 9.72. The summed E-state index contributed by atoms with van der Waals surface area (Å²) in [6.45, 7) is 10.4. The van der Waals surface area contributed by atoms with Crippen LogP contribution in [0.15, 0.2) is 11.6 Å². The summed E-state index contributed by atoms with van der Waals surface area (Å²) in [5, 5.41) is 21.4. The number of aliphatic hydroxyl groups excluding tert-OH is 2. The highest BCUT2D eigenvalue weighted by molar-refractivity contribution is 5.28. The number of aliphatic hydroxyl groups is 2. The highest BCUT2D eigenvalue weighted by Crippen LogP contribution is 2.70. The minimum Gasteiger partial charge on any atom is -0.393 e. The third-order valence-corrected chi connectivity index (χ3v) is 11.4. The van der Waals surface area contributed by atoms with E-state index in [0.29, 0.717) is 53.4 Å². The maximum absolute atomic E-state index is 11.1. The predicted molar refractivity (Wildman–Crippen MR) is 119 cm³/mol. The van der Waals surface area contributed by atoms with Gasteiger partial charge < -0.3 is 19.7 Å². The van der Waals surface area contributed by atoms with Gasteiger partial charge in [0.15, 0.2) is 5.79 Å². The van der Waals surface area contributed by atoms with Crippen LogP contribution in [0.2, 0.25) is 0 Å². The summed E-state index contributed by atoms with van der Waals surface area (Å²) in [5.41, 5.74) is 1.48. The van der Waals surface area contributed by atoms with E-state index in [1.807, 2.05) is 0 Å². The topological polar surface area (TPSA) is 58.9 Å². The van der Waals surface area contributed by atoms with Crippen molar-refractivity contribution in [2.45, 2.75) is 103 Å². The molecule has 0 aromatic carbocycles. The van der Waals surface area contributed by atoms with Crippen molar-refractivity contribution < 1.29 is 19.7 Å². The van der Waals surface area contributed by atoms with Crippen LogP contribution in [0.3, 0.4) is 0 Å². The summed E-state index contributed by atoms with van der Waals surface area (Å²) in [4.78, 5) is 0. The fourth-order valence-corrected chi connectivity index (χ4v) is 9.72. The molecule has 174 valence electrons. The largest absolute Gasteiger partial charge is 0.393 e. The molecule has 2 N–H and O–H groups in total. The molecular weight excluding hydrogens is 388 g/mol. The van der Waals surface area contributed by atoms with Gasteiger partial charge in [0.2, 0.25) is 0 Å². The first-order chi connectivity index (χ1) is 14.7. The van der Waals surface area contributed by atoms with E-state index in [9.17, 15) is 10.2 Å². The molecule has 0 aromatic heterocycles. The molecule has 0 radical (unpaired) electrons. The van der Waals surface area contributed by atoms with Gasteiger partial charge in [-0.25, -0.2) is 0 Å². The first kappa shape index (κ1) is 21.1. The number of hydrogen-bond acceptors (Lipinski definition) is 4. The lowest BCUT2D eigenvalue weighted by Crippen LogP contribution is -2.56. The number of ether oxygens (including phenoxy) is 2. The maximum Gasteiger partial charge on any atom is 0.171 e. The number of fused-ring (bicyclic) bond motifs is 7. The Hall–Kier alpha value is -0.420. The standard InChI is InChI=1S/C27H42O4/c1-15-7-10-27(30-14-15)16(2)24-22(31-27)13-21-19-6-5-17-11-18(28)12-23(29)26(17,4)20(19)8-9-25(21,24)3/h5,15-16,18-24,28-29H,6-14H2,1-4H3/t15-,16-,18-,19+,20-,21-,22-,23+,24-,25-,26-,27+/m0/s1. The molecule has 0 amide bonds. The van der Waals surface area contributed by atoms with E-state index in [2.05, 4.69) is 33.8 Å². The van der Waals surface area contributed by atoms with Crippen LogP contribution in [-0.2, 0) is 9.47 Å². The molecule has 4 nitrogen and oxygen atoms in total. The van der Waals surface area contributed by atoms with E-state index in [4.69, 9.17) is 9.47 Å². The van der Waals surface area contributed by atoms with Gasteiger partial charge in [-0.2, -0.15) is 0 Å². The first-order valence-corrected chi connectivity index (χ1v) is 13.1. The SMILES string of the molecule is C[C@H]1CC[C@@]2(OC1)O[C@H]1C[C@H]3[C@@H]4CC=C5C[C@H](O)C[C@@H](O)[C@]5(C)[C@H]4CC[C@]3(C)[C@H]1[C@@H]2C. The average Bonchev–Trinajstić information content (AvgIpc) is 3.16. The van der Waals surface area contributed by atoms with Crippen LogP contribution in [0.1, 0.15) is 79.1 Å². The minimum atomic E-state index is -0.420. The maximum atomic E-state index is 11.1. The molecule has 0 unspecified atom stereocenters. The summed E-state index contributed by atoms with van der Waals surface area (Å²) < 4.78 is 13.3. The van der Waals surface area contributed by atoms with E-state index in [1.54, 1.807) is 0 Å². The summed E-state index contributed by atoms with van der Waals surface area (Å²) in [6.07, 6.45) is 10.2. The Morgan fingerprint density at radius 2 is 1.84 bits per heavy atom. The summed E-state index contributed by atoms with van der Waals surface area (Å²) in [5.74, 6) is 3.17. The summed E-state index contributed by atoms with van der Waals surface area (Å²) in [6, 6.07) is 0. The lowest BCUT2D eigenvalue weighted by Gasteiger charge is -2.59. The highest BCUT2D eigenvalue weighted by Gasteiger charge is 2.69. The quantitative estimate of drug-likeness (QED) is 0.548. The fraction of sp³-hybridized carbons (Fsp3) is 0.926. The van der Waals surface area contributed by atoms with E-state index >= 15 is 0 Å². The lowest BCUT2D eigenvalue weighted by atomic mass is 9.46. The second-order valence-corrected chi connectivity index (χ2v) is 12.8. The molecule has 31 heavy (non-hydrogen) atoms. The smallest absolute Gasteiger partial charge is 0.171 e. The van der Waals surface area contributed by atoms with E-state index in [1.165, 1.54) is 24.8 Å². The first-order valence-electron chi connectivity index (χ1n) is 13.1. The van der Waals surface area contributed by atoms with Gasteiger partial charge in [-0.15, -0.1) is 0 Å². The molecule has 2 aliphatic heterocycles. The second-order valence-electron chi connectivity index (χ2n) is 12.8. The van der Waals surface area contributed by atoms with Crippen molar-refractivity contribution in [2.75, 3.05) is 6.61 Å². The number of rotatable bonds is 0. The van der Waals surface area contributed by atoms with Crippen LogP contribution in [0.25, 0.3) is 0 Å². The Bertz CT molecular complexity index is 769. The Morgan fingerprint density at radius 3 is 2.58 bits per heavy atom. The molecule has 1 spiro atoms. The van der Waals surface area contributed by atoms with Crippen LogP contribution in [0, 0.1) is 46.3 Å². The molecular formula is C27H42O4. The van der Waals surface area contributed by atoms with Crippen molar-refractivity contribution >= 4 is 0 Å². The molecule has 3 saturated carbocycles. The molecule has 12 atom stereocenters. The third-order valence-electron chi connectivity index (χ3n) is 11.4. The minimum absolute atomic E-state index is 0.155. The molecule has 4 heteroatoms. The van der Waals surface area contributed by atoms with Gasteiger partial charge in [0, 0.05) is 24.2 Å². The normalized spacial score (nSPS) is 60.7. The zero-order valence-corrected chi connectivity index (χ0v) is 19.8. The zero-order chi connectivity index (χ0) is 21.8. The number of hydrogen-bond donors (Lipinski definition) is 2. The van der Waals surface area contributed by atoms with E-state index < -0.39 is 6.10 Å². The average molecular weight is 431 g/mol. The van der Waals surface area contributed by atoms with Gasteiger partial charge in [-0.1, -0.05) is 39.3 Å². The highest BCUT2D eigenvalue weighted by atomic mass is 16.7. The van der Waals surface area contributed by atoms with E-state index in [-0.39, 0.29) is 17.3 Å². The van der Waals surface area contributed by atoms with Crippen molar-refractivity contribution in [3.05, 3.63) is 11.6 Å². The van der Waals surface area contributed by atoms with Gasteiger partial charge in [0.05, 0.1) is 24.9 Å². The van der Waals surface area contributed by atoms with Crippen molar-refractivity contribution in [3.63, 3.8) is 0 Å². The van der Waals surface area contributed by atoms with Crippen molar-refractivity contribution in [1.29, 1.82) is 0 Å². The molecule has 6 rings (SSSR count). The molecule has 2 saturated heterocycles. The van der Waals surface area contributed by atoms with Gasteiger partial charge in [-0.3, -0.25) is 0 Å². The van der Waals surface area contributed by atoms with Gasteiger partial charge >= 0.3 is 0 Å². The van der Waals surface area contributed by atoms with Crippen molar-refractivity contribution in [2.24, 2.45) is 46.3 Å². The van der Waals surface area contributed by atoms with Gasteiger partial charge in [0.25, 0.3) is 0 Å². The number of allylic oxidation sites excluding steroid dienone is 1.